The van der Waals surface area contributed by atoms with Gasteiger partial charge in [0.2, 0.25) is 0 Å². The van der Waals surface area contributed by atoms with E-state index in [1.807, 2.05) is 0 Å². The van der Waals surface area contributed by atoms with Crippen molar-refractivity contribution >= 4 is 15.9 Å². The van der Waals surface area contributed by atoms with Crippen LogP contribution < -0.4 is 5.32 Å². The van der Waals surface area contributed by atoms with E-state index in [9.17, 15) is 0 Å². The zero-order valence-electron chi connectivity index (χ0n) is 12.0. The molecule has 5 heteroatoms. The number of halogens is 1. The quantitative estimate of drug-likeness (QED) is 0.610. The van der Waals surface area contributed by atoms with E-state index in [0.717, 1.165) is 24.0 Å². The second-order valence-electron chi connectivity index (χ2n) is 5.26. The van der Waals surface area contributed by atoms with Crippen molar-refractivity contribution < 1.29 is 14.2 Å². The van der Waals surface area contributed by atoms with E-state index in [1.165, 1.54) is 5.56 Å². The molecule has 0 saturated carbocycles. The first-order chi connectivity index (χ1) is 9.67. The van der Waals surface area contributed by atoms with E-state index in [2.05, 4.69) is 52.4 Å². The van der Waals surface area contributed by atoms with Crippen LogP contribution in [0.15, 0.2) is 24.3 Å². The molecule has 1 aromatic rings. The third-order valence-corrected chi connectivity index (χ3v) is 3.97. The van der Waals surface area contributed by atoms with Crippen LogP contribution >= 0.6 is 15.9 Å². The zero-order valence-corrected chi connectivity index (χ0v) is 13.6. The highest BCUT2D eigenvalue weighted by molar-refractivity contribution is 9.08. The summed E-state index contributed by atoms with van der Waals surface area (Å²) in [7, 11) is 1.70. The van der Waals surface area contributed by atoms with Gasteiger partial charge in [0.1, 0.15) is 5.60 Å². The van der Waals surface area contributed by atoms with E-state index in [-0.39, 0.29) is 11.9 Å². The van der Waals surface area contributed by atoms with E-state index >= 15 is 0 Å². The van der Waals surface area contributed by atoms with Gasteiger partial charge in [-0.15, -0.1) is 0 Å². The molecule has 1 aromatic carbocycles. The lowest BCUT2D eigenvalue weighted by atomic mass is 10.1. The van der Waals surface area contributed by atoms with Gasteiger partial charge in [-0.1, -0.05) is 40.2 Å². The highest BCUT2D eigenvalue weighted by atomic mass is 79.9. The van der Waals surface area contributed by atoms with Gasteiger partial charge in [0.15, 0.2) is 6.29 Å². The van der Waals surface area contributed by atoms with Gasteiger partial charge in [-0.3, -0.25) is 0 Å². The SMILES string of the molecule is COCCNCC1(C)COC(c2ccc(CBr)cc2)O1. The summed E-state index contributed by atoms with van der Waals surface area (Å²) in [4.78, 5) is 0. The Kier molecular flexibility index (Phi) is 5.99. The molecule has 2 atom stereocenters. The van der Waals surface area contributed by atoms with Crippen LogP contribution in [0.3, 0.4) is 0 Å². The molecule has 1 aliphatic rings. The third kappa shape index (κ3) is 4.27. The molecular weight excluding hydrogens is 322 g/mol. The van der Waals surface area contributed by atoms with Crippen LogP contribution in [-0.4, -0.2) is 39.0 Å². The average Bonchev–Trinajstić information content (AvgIpc) is 2.87. The van der Waals surface area contributed by atoms with Crippen molar-refractivity contribution in [3.63, 3.8) is 0 Å². The summed E-state index contributed by atoms with van der Waals surface area (Å²) in [6, 6.07) is 8.29. The summed E-state index contributed by atoms with van der Waals surface area (Å²) >= 11 is 3.44. The Hall–Kier alpha value is -0.460. The fourth-order valence-electron chi connectivity index (χ4n) is 2.13. The van der Waals surface area contributed by atoms with Crippen molar-refractivity contribution in [3.05, 3.63) is 35.4 Å². The van der Waals surface area contributed by atoms with Crippen LogP contribution in [0.25, 0.3) is 0 Å². The number of methoxy groups -OCH3 is 1. The van der Waals surface area contributed by atoms with Crippen LogP contribution in [0.4, 0.5) is 0 Å². The minimum atomic E-state index is -0.285. The lowest BCUT2D eigenvalue weighted by Gasteiger charge is -2.23. The molecule has 0 spiro atoms. The smallest absolute Gasteiger partial charge is 0.184 e. The first-order valence-electron chi connectivity index (χ1n) is 6.81. The molecule has 4 nitrogen and oxygen atoms in total. The lowest BCUT2D eigenvalue weighted by molar-refractivity contribution is -0.0858. The molecule has 20 heavy (non-hydrogen) atoms. The Morgan fingerprint density at radius 2 is 2.15 bits per heavy atom. The summed E-state index contributed by atoms with van der Waals surface area (Å²) < 4.78 is 16.8. The van der Waals surface area contributed by atoms with E-state index < -0.39 is 0 Å². The van der Waals surface area contributed by atoms with Crippen molar-refractivity contribution in [2.24, 2.45) is 0 Å². The lowest BCUT2D eigenvalue weighted by Crippen LogP contribution is -2.41. The van der Waals surface area contributed by atoms with Crippen LogP contribution in [0, 0.1) is 0 Å². The molecule has 0 aromatic heterocycles. The minimum absolute atomic E-state index is 0.270. The van der Waals surface area contributed by atoms with Crippen molar-refractivity contribution in [1.29, 1.82) is 0 Å². The normalized spacial score (nSPS) is 26.1. The Labute approximate surface area is 128 Å². The van der Waals surface area contributed by atoms with Crippen molar-refractivity contribution in [2.75, 3.05) is 33.4 Å². The van der Waals surface area contributed by atoms with Crippen LogP contribution in [0.1, 0.15) is 24.3 Å². The average molecular weight is 344 g/mol. The van der Waals surface area contributed by atoms with E-state index in [1.54, 1.807) is 7.11 Å². The summed E-state index contributed by atoms with van der Waals surface area (Å²) in [6.07, 6.45) is -0.270. The molecule has 1 aliphatic heterocycles. The van der Waals surface area contributed by atoms with Gasteiger partial charge in [-0.05, 0) is 12.5 Å². The monoisotopic (exact) mass is 343 g/mol. The topological polar surface area (TPSA) is 39.7 Å². The van der Waals surface area contributed by atoms with Crippen molar-refractivity contribution in [2.45, 2.75) is 24.1 Å². The predicted molar refractivity (Wildman–Crippen MR) is 82.0 cm³/mol. The molecule has 0 aliphatic carbocycles. The van der Waals surface area contributed by atoms with Gasteiger partial charge < -0.3 is 19.5 Å². The van der Waals surface area contributed by atoms with E-state index in [4.69, 9.17) is 14.2 Å². The molecule has 1 saturated heterocycles. The van der Waals surface area contributed by atoms with Crippen LogP contribution in [0.2, 0.25) is 0 Å². The highest BCUT2D eigenvalue weighted by Gasteiger charge is 2.37. The van der Waals surface area contributed by atoms with Gasteiger partial charge in [-0.25, -0.2) is 0 Å². The fraction of sp³-hybridized carbons (Fsp3) is 0.600. The summed E-state index contributed by atoms with van der Waals surface area (Å²) in [5.74, 6) is 0. The Balaban J connectivity index is 1.86. The second kappa shape index (κ2) is 7.52. The van der Waals surface area contributed by atoms with Crippen molar-refractivity contribution in [1.82, 2.24) is 5.32 Å². The standard InChI is InChI=1S/C15H22BrNO3/c1-15(10-17-7-8-18-2)11-19-14(20-15)13-5-3-12(9-16)4-6-13/h3-6,14,17H,7-11H2,1-2H3. The molecule has 0 radical (unpaired) electrons. The molecule has 1 fully saturated rings. The minimum Gasteiger partial charge on any atom is -0.383 e. The second-order valence-corrected chi connectivity index (χ2v) is 5.82. The number of hydrogen-bond acceptors (Lipinski definition) is 4. The summed E-state index contributed by atoms with van der Waals surface area (Å²) in [5, 5.41) is 4.18. The molecule has 1 N–H and O–H groups in total. The maximum absolute atomic E-state index is 6.05. The molecular formula is C15H22BrNO3. The first kappa shape index (κ1) is 15.9. The third-order valence-electron chi connectivity index (χ3n) is 3.32. The highest BCUT2D eigenvalue weighted by Crippen LogP contribution is 2.33. The Morgan fingerprint density at radius 1 is 1.40 bits per heavy atom. The molecule has 2 rings (SSSR count). The van der Waals surface area contributed by atoms with Crippen molar-refractivity contribution in [3.8, 4) is 0 Å². The van der Waals surface area contributed by atoms with Gasteiger partial charge in [0.05, 0.1) is 13.2 Å². The summed E-state index contributed by atoms with van der Waals surface area (Å²) in [5.41, 5.74) is 2.03. The maximum atomic E-state index is 6.05. The number of alkyl halides is 1. The molecule has 112 valence electrons. The number of nitrogens with one attached hydrogen (secondary N) is 1. The van der Waals surface area contributed by atoms with E-state index in [0.29, 0.717) is 13.2 Å². The maximum Gasteiger partial charge on any atom is 0.184 e. The first-order valence-corrected chi connectivity index (χ1v) is 7.93. The number of hydrogen-bond donors (Lipinski definition) is 1. The van der Waals surface area contributed by atoms with Gasteiger partial charge in [-0.2, -0.15) is 0 Å². The van der Waals surface area contributed by atoms with Gasteiger partial charge in [0, 0.05) is 31.1 Å². The van der Waals surface area contributed by atoms with Gasteiger partial charge in [0.25, 0.3) is 0 Å². The number of ether oxygens (including phenoxy) is 3. The van der Waals surface area contributed by atoms with Crippen LogP contribution in [-0.2, 0) is 19.5 Å². The molecule has 0 bridgehead atoms. The molecule has 1 heterocycles. The van der Waals surface area contributed by atoms with Gasteiger partial charge >= 0.3 is 0 Å². The number of benzene rings is 1. The largest absolute Gasteiger partial charge is 0.383 e. The predicted octanol–water partition coefficient (Wildman–Crippen LogP) is 2.62. The fourth-order valence-corrected chi connectivity index (χ4v) is 2.50. The van der Waals surface area contributed by atoms with Crippen LogP contribution in [0.5, 0.6) is 0 Å². The molecule has 0 amide bonds. The number of rotatable bonds is 7. The summed E-state index contributed by atoms with van der Waals surface area (Å²) in [6.45, 7) is 4.94. The Morgan fingerprint density at radius 3 is 2.80 bits per heavy atom. The Bertz CT molecular complexity index is 412. The zero-order chi connectivity index (χ0) is 14.4. The molecule has 2 unspecified atom stereocenters.